The first-order valence-corrected chi connectivity index (χ1v) is 6.26. The van der Waals surface area contributed by atoms with Gasteiger partial charge >= 0.3 is 0 Å². The standard InChI is InChI=1S/C11H14N4OS/c1-3-4-8-14-9(12-2)7-10(15-8)17-11-13-5-6-16-11/h5-7H,3-4H2,1-2H3,(H,12,14,15). The van der Waals surface area contributed by atoms with E-state index in [1.54, 1.807) is 12.5 Å². The van der Waals surface area contributed by atoms with Gasteiger partial charge in [-0.2, -0.15) is 0 Å². The summed E-state index contributed by atoms with van der Waals surface area (Å²) < 4.78 is 5.18. The third-order valence-electron chi connectivity index (χ3n) is 2.08. The molecular weight excluding hydrogens is 236 g/mol. The van der Waals surface area contributed by atoms with Crippen molar-refractivity contribution in [2.24, 2.45) is 0 Å². The summed E-state index contributed by atoms with van der Waals surface area (Å²) in [4.78, 5) is 12.9. The average Bonchev–Trinajstić information content (AvgIpc) is 2.82. The van der Waals surface area contributed by atoms with E-state index in [9.17, 15) is 0 Å². The number of aromatic nitrogens is 3. The summed E-state index contributed by atoms with van der Waals surface area (Å²) in [5, 5.41) is 4.46. The van der Waals surface area contributed by atoms with Gasteiger partial charge in [-0.25, -0.2) is 15.0 Å². The number of oxazole rings is 1. The Morgan fingerprint density at radius 1 is 1.41 bits per heavy atom. The lowest BCUT2D eigenvalue weighted by molar-refractivity contribution is 0.454. The fraction of sp³-hybridized carbons (Fsp3) is 0.364. The molecule has 0 fully saturated rings. The van der Waals surface area contributed by atoms with E-state index in [0.717, 1.165) is 29.5 Å². The number of hydrogen-bond donors (Lipinski definition) is 1. The lowest BCUT2D eigenvalue weighted by Crippen LogP contribution is -2.01. The summed E-state index contributed by atoms with van der Waals surface area (Å²) in [6.45, 7) is 2.11. The summed E-state index contributed by atoms with van der Waals surface area (Å²) in [5.74, 6) is 1.66. The zero-order valence-electron chi connectivity index (χ0n) is 9.80. The van der Waals surface area contributed by atoms with Gasteiger partial charge in [-0.1, -0.05) is 6.92 Å². The highest BCUT2D eigenvalue weighted by Crippen LogP contribution is 2.25. The van der Waals surface area contributed by atoms with Crippen molar-refractivity contribution in [2.45, 2.75) is 30.0 Å². The summed E-state index contributed by atoms with van der Waals surface area (Å²) in [5.41, 5.74) is 0. The van der Waals surface area contributed by atoms with Gasteiger partial charge in [0, 0.05) is 19.5 Å². The molecule has 0 bridgehead atoms. The predicted octanol–water partition coefficient (Wildman–Crippen LogP) is 2.61. The van der Waals surface area contributed by atoms with Crippen molar-refractivity contribution >= 4 is 17.6 Å². The number of hydrogen-bond acceptors (Lipinski definition) is 6. The molecule has 1 N–H and O–H groups in total. The van der Waals surface area contributed by atoms with Crippen molar-refractivity contribution < 1.29 is 4.42 Å². The monoisotopic (exact) mass is 250 g/mol. The lowest BCUT2D eigenvalue weighted by Gasteiger charge is -2.05. The van der Waals surface area contributed by atoms with E-state index in [0.29, 0.717) is 5.22 Å². The molecule has 0 saturated carbocycles. The Morgan fingerprint density at radius 2 is 2.29 bits per heavy atom. The van der Waals surface area contributed by atoms with E-state index >= 15 is 0 Å². The molecule has 0 amide bonds. The highest BCUT2D eigenvalue weighted by molar-refractivity contribution is 7.99. The molecule has 0 aliphatic carbocycles. The maximum absolute atomic E-state index is 5.18. The van der Waals surface area contributed by atoms with Crippen molar-refractivity contribution in [3.63, 3.8) is 0 Å². The van der Waals surface area contributed by atoms with Crippen LogP contribution in [0.3, 0.4) is 0 Å². The van der Waals surface area contributed by atoms with E-state index in [1.807, 2.05) is 13.1 Å². The van der Waals surface area contributed by atoms with Crippen molar-refractivity contribution in [1.82, 2.24) is 15.0 Å². The molecule has 0 unspecified atom stereocenters. The minimum Gasteiger partial charge on any atom is -0.440 e. The van der Waals surface area contributed by atoms with Crippen LogP contribution in [0.15, 0.2) is 33.2 Å². The molecule has 0 atom stereocenters. The minimum absolute atomic E-state index is 0.591. The molecule has 2 rings (SSSR count). The van der Waals surface area contributed by atoms with Crippen LogP contribution in [0.4, 0.5) is 5.82 Å². The molecule has 90 valence electrons. The van der Waals surface area contributed by atoms with Gasteiger partial charge in [0.1, 0.15) is 22.9 Å². The largest absolute Gasteiger partial charge is 0.440 e. The SMILES string of the molecule is CCCc1nc(NC)cc(Sc2ncco2)n1. The van der Waals surface area contributed by atoms with Crippen molar-refractivity contribution in [3.8, 4) is 0 Å². The first-order valence-electron chi connectivity index (χ1n) is 5.45. The van der Waals surface area contributed by atoms with Crippen LogP contribution in [-0.4, -0.2) is 22.0 Å². The smallest absolute Gasteiger partial charge is 0.261 e. The number of nitrogens with zero attached hydrogens (tertiary/aromatic N) is 3. The maximum atomic E-state index is 5.18. The van der Waals surface area contributed by atoms with E-state index in [2.05, 4.69) is 27.2 Å². The first-order chi connectivity index (χ1) is 8.31. The van der Waals surface area contributed by atoms with Crippen LogP contribution in [-0.2, 0) is 6.42 Å². The average molecular weight is 250 g/mol. The summed E-state index contributed by atoms with van der Waals surface area (Å²) in [7, 11) is 1.84. The van der Waals surface area contributed by atoms with Gasteiger partial charge in [-0.15, -0.1) is 0 Å². The first kappa shape index (κ1) is 11.9. The summed E-state index contributed by atoms with van der Waals surface area (Å²) in [6.07, 6.45) is 5.07. The van der Waals surface area contributed by atoms with Crippen molar-refractivity contribution in [3.05, 3.63) is 24.4 Å². The quantitative estimate of drug-likeness (QED) is 0.823. The second kappa shape index (κ2) is 5.67. The Hall–Kier alpha value is -1.56. The fourth-order valence-corrected chi connectivity index (χ4v) is 2.06. The van der Waals surface area contributed by atoms with Gasteiger partial charge in [-0.3, -0.25) is 0 Å². The molecule has 0 saturated heterocycles. The molecule has 17 heavy (non-hydrogen) atoms. The summed E-state index contributed by atoms with van der Waals surface area (Å²) in [6, 6.07) is 1.88. The second-order valence-corrected chi connectivity index (χ2v) is 4.38. The number of aryl methyl sites for hydroxylation is 1. The van der Waals surface area contributed by atoms with Crippen molar-refractivity contribution in [1.29, 1.82) is 0 Å². The van der Waals surface area contributed by atoms with E-state index in [-0.39, 0.29) is 0 Å². The van der Waals surface area contributed by atoms with Crippen LogP contribution in [0, 0.1) is 0 Å². The molecule has 2 aromatic heterocycles. The van der Waals surface area contributed by atoms with Crippen LogP contribution in [0.2, 0.25) is 0 Å². The van der Waals surface area contributed by atoms with E-state index in [4.69, 9.17) is 4.42 Å². The Labute approximate surface area is 104 Å². The van der Waals surface area contributed by atoms with Crippen LogP contribution in [0.1, 0.15) is 19.2 Å². The van der Waals surface area contributed by atoms with Crippen LogP contribution < -0.4 is 5.32 Å². The number of nitrogens with one attached hydrogen (secondary N) is 1. The van der Waals surface area contributed by atoms with Crippen LogP contribution >= 0.6 is 11.8 Å². The molecule has 0 aliphatic rings. The van der Waals surface area contributed by atoms with Gasteiger partial charge in [0.15, 0.2) is 0 Å². The highest BCUT2D eigenvalue weighted by atomic mass is 32.2. The third-order valence-corrected chi connectivity index (χ3v) is 2.87. The Balaban J connectivity index is 2.23. The molecule has 0 aliphatic heterocycles. The van der Waals surface area contributed by atoms with Crippen LogP contribution in [0.5, 0.6) is 0 Å². The van der Waals surface area contributed by atoms with Crippen molar-refractivity contribution in [2.75, 3.05) is 12.4 Å². The Morgan fingerprint density at radius 3 is 2.94 bits per heavy atom. The van der Waals surface area contributed by atoms with Gasteiger partial charge in [0.25, 0.3) is 5.22 Å². The van der Waals surface area contributed by atoms with E-state index in [1.165, 1.54) is 11.8 Å². The zero-order valence-corrected chi connectivity index (χ0v) is 10.6. The molecule has 0 aromatic carbocycles. The van der Waals surface area contributed by atoms with Gasteiger partial charge < -0.3 is 9.73 Å². The van der Waals surface area contributed by atoms with Gasteiger partial charge in [-0.05, 0) is 18.2 Å². The molecule has 0 spiro atoms. The fourth-order valence-electron chi connectivity index (χ4n) is 1.34. The lowest BCUT2D eigenvalue weighted by atomic mass is 10.3. The third kappa shape index (κ3) is 3.20. The van der Waals surface area contributed by atoms with Crippen LogP contribution in [0.25, 0.3) is 0 Å². The highest BCUT2D eigenvalue weighted by Gasteiger charge is 2.07. The topological polar surface area (TPSA) is 63.8 Å². The molecule has 2 aromatic rings. The molecule has 5 nitrogen and oxygen atoms in total. The molecule has 0 radical (unpaired) electrons. The Kier molecular flexibility index (Phi) is 3.98. The summed E-state index contributed by atoms with van der Waals surface area (Å²) >= 11 is 1.39. The van der Waals surface area contributed by atoms with Gasteiger partial charge in [0.2, 0.25) is 0 Å². The zero-order chi connectivity index (χ0) is 12.1. The van der Waals surface area contributed by atoms with E-state index < -0.39 is 0 Å². The molecular formula is C11H14N4OS. The number of anilines is 1. The minimum atomic E-state index is 0.591. The number of rotatable bonds is 5. The second-order valence-electron chi connectivity index (χ2n) is 3.41. The maximum Gasteiger partial charge on any atom is 0.261 e. The normalized spacial score (nSPS) is 10.5. The molecule has 2 heterocycles. The predicted molar refractivity (Wildman–Crippen MR) is 66.2 cm³/mol. The molecule has 6 heteroatoms. The Bertz CT molecular complexity index is 472. The van der Waals surface area contributed by atoms with Gasteiger partial charge in [0.05, 0.1) is 6.20 Å².